The maximum Gasteiger partial charge on any atom is 0.402 e. The smallest absolute Gasteiger partial charge is 0.402 e. The topological polar surface area (TPSA) is 75.6 Å². The van der Waals surface area contributed by atoms with Crippen molar-refractivity contribution < 1.29 is 31.4 Å². The Morgan fingerprint density at radius 3 is 2.50 bits per heavy atom. The van der Waals surface area contributed by atoms with Crippen molar-refractivity contribution in [2.45, 2.75) is 17.5 Å². The van der Waals surface area contributed by atoms with E-state index in [-0.39, 0.29) is 23.5 Å². The Bertz CT molecular complexity index is 557. The van der Waals surface area contributed by atoms with Crippen molar-refractivity contribution in [3.8, 4) is 5.75 Å². The summed E-state index contributed by atoms with van der Waals surface area (Å²) in [5.74, 6) is 0.350. The molecular formula is C11H14F3NO4S. The van der Waals surface area contributed by atoms with E-state index in [4.69, 9.17) is 9.84 Å². The lowest BCUT2D eigenvalue weighted by Gasteiger charge is -2.13. The lowest BCUT2D eigenvalue weighted by Crippen LogP contribution is -2.34. The molecule has 0 amide bonds. The van der Waals surface area contributed by atoms with E-state index in [0.717, 1.165) is 6.07 Å². The summed E-state index contributed by atoms with van der Waals surface area (Å²) in [6.07, 6.45) is -4.66. The predicted molar refractivity (Wildman–Crippen MR) is 65.0 cm³/mol. The largest absolute Gasteiger partial charge is 0.497 e. The number of benzene rings is 1. The monoisotopic (exact) mass is 313 g/mol. The van der Waals surface area contributed by atoms with Crippen LogP contribution < -0.4 is 9.46 Å². The molecule has 2 N–H and O–H groups in total. The molecule has 1 rings (SSSR count). The number of nitrogens with one attached hydrogen (secondary N) is 1. The summed E-state index contributed by atoms with van der Waals surface area (Å²) in [6.45, 7) is -1.99. The fraction of sp³-hybridized carbons (Fsp3) is 0.455. The first kappa shape index (κ1) is 16.7. The molecule has 0 aliphatic carbocycles. The zero-order valence-corrected chi connectivity index (χ0v) is 11.4. The third-order valence-electron chi connectivity index (χ3n) is 2.40. The van der Waals surface area contributed by atoms with Crippen molar-refractivity contribution in [1.82, 2.24) is 4.72 Å². The van der Waals surface area contributed by atoms with E-state index in [1.807, 2.05) is 0 Å². The fourth-order valence-electron chi connectivity index (χ4n) is 1.52. The van der Waals surface area contributed by atoms with Crippen LogP contribution in [0.4, 0.5) is 13.2 Å². The number of hydrogen-bond acceptors (Lipinski definition) is 4. The molecule has 20 heavy (non-hydrogen) atoms. The number of aliphatic hydroxyl groups excluding tert-OH is 1. The summed E-state index contributed by atoms with van der Waals surface area (Å²) >= 11 is 0. The summed E-state index contributed by atoms with van der Waals surface area (Å²) < 4.78 is 66.3. The van der Waals surface area contributed by atoms with E-state index in [1.165, 1.54) is 24.0 Å². The molecule has 5 nitrogen and oxygen atoms in total. The molecule has 0 saturated carbocycles. The first-order chi connectivity index (χ1) is 9.19. The second kappa shape index (κ2) is 6.42. The Labute approximate surface area is 114 Å². The highest BCUT2D eigenvalue weighted by molar-refractivity contribution is 7.89. The number of ether oxygens (including phenoxy) is 1. The van der Waals surface area contributed by atoms with Gasteiger partial charge >= 0.3 is 6.18 Å². The molecule has 0 saturated heterocycles. The lowest BCUT2D eigenvalue weighted by atomic mass is 10.1. The van der Waals surface area contributed by atoms with Gasteiger partial charge in [-0.25, -0.2) is 13.1 Å². The van der Waals surface area contributed by atoms with Gasteiger partial charge in [0.1, 0.15) is 12.3 Å². The molecule has 1 aromatic carbocycles. The van der Waals surface area contributed by atoms with Gasteiger partial charge in [-0.05, 0) is 30.2 Å². The number of alkyl halides is 3. The molecule has 0 aromatic heterocycles. The van der Waals surface area contributed by atoms with Gasteiger partial charge in [-0.1, -0.05) is 0 Å². The third kappa shape index (κ3) is 4.66. The van der Waals surface area contributed by atoms with Crippen LogP contribution in [0.1, 0.15) is 5.56 Å². The molecule has 0 radical (unpaired) electrons. The summed E-state index contributed by atoms with van der Waals surface area (Å²) in [5.41, 5.74) is 0.182. The molecule has 0 aliphatic rings. The maximum atomic E-state index is 12.1. The van der Waals surface area contributed by atoms with Crippen LogP contribution in [0.3, 0.4) is 0 Å². The molecule has 1 aromatic rings. The first-order valence-corrected chi connectivity index (χ1v) is 7.02. The molecule has 9 heteroatoms. The van der Waals surface area contributed by atoms with E-state index in [9.17, 15) is 21.6 Å². The van der Waals surface area contributed by atoms with E-state index in [0.29, 0.717) is 5.75 Å². The van der Waals surface area contributed by atoms with Gasteiger partial charge in [0, 0.05) is 6.61 Å². The highest BCUT2D eigenvalue weighted by atomic mass is 32.2. The van der Waals surface area contributed by atoms with Crippen LogP contribution in [0, 0.1) is 0 Å². The molecule has 0 unspecified atom stereocenters. The quantitative estimate of drug-likeness (QED) is 0.824. The first-order valence-electron chi connectivity index (χ1n) is 5.54. The Kier molecular flexibility index (Phi) is 5.37. The number of hydrogen-bond donors (Lipinski definition) is 2. The molecule has 0 fully saturated rings. The van der Waals surface area contributed by atoms with Crippen LogP contribution in [0.2, 0.25) is 0 Å². The summed E-state index contributed by atoms with van der Waals surface area (Å²) in [4.78, 5) is -0.309. The maximum absolute atomic E-state index is 12.1. The minimum atomic E-state index is -4.64. The van der Waals surface area contributed by atoms with Gasteiger partial charge in [-0.3, -0.25) is 0 Å². The van der Waals surface area contributed by atoms with E-state index < -0.39 is 22.7 Å². The van der Waals surface area contributed by atoms with E-state index >= 15 is 0 Å². The zero-order chi connectivity index (χ0) is 15.4. The van der Waals surface area contributed by atoms with Gasteiger partial charge in [0.05, 0.1) is 12.0 Å². The summed E-state index contributed by atoms with van der Waals surface area (Å²) in [6, 6.07) is 3.82. The van der Waals surface area contributed by atoms with Gasteiger partial charge in [0.2, 0.25) is 10.0 Å². The second-order valence-corrected chi connectivity index (χ2v) is 5.62. The van der Waals surface area contributed by atoms with Crippen molar-refractivity contribution in [3.63, 3.8) is 0 Å². The lowest BCUT2D eigenvalue weighted by molar-refractivity contribution is -0.121. The van der Waals surface area contributed by atoms with Gasteiger partial charge in [0.25, 0.3) is 0 Å². The molecule has 0 heterocycles. The van der Waals surface area contributed by atoms with Gasteiger partial charge < -0.3 is 9.84 Å². The van der Waals surface area contributed by atoms with Gasteiger partial charge in [-0.15, -0.1) is 0 Å². The molecular weight excluding hydrogens is 299 g/mol. The predicted octanol–water partition coefficient (Wildman–Crippen LogP) is 1.07. The van der Waals surface area contributed by atoms with Crippen molar-refractivity contribution in [3.05, 3.63) is 23.8 Å². The molecule has 0 spiro atoms. The van der Waals surface area contributed by atoms with Crippen molar-refractivity contribution >= 4 is 10.0 Å². The highest BCUT2D eigenvalue weighted by Gasteiger charge is 2.30. The Morgan fingerprint density at radius 1 is 1.35 bits per heavy atom. The standard InChI is InChI=1S/C11H14F3NO4S/c1-19-9-2-3-10(8(6-9)4-5-16)20(17,18)15-7-11(12,13)14/h2-3,6,15-16H,4-5,7H2,1H3. The van der Waals surface area contributed by atoms with Gasteiger partial charge in [-0.2, -0.15) is 13.2 Å². The normalized spacial score (nSPS) is 12.4. The van der Waals surface area contributed by atoms with Crippen LogP contribution in [0.25, 0.3) is 0 Å². The van der Waals surface area contributed by atoms with Crippen molar-refractivity contribution in [2.75, 3.05) is 20.3 Å². The van der Waals surface area contributed by atoms with Crippen LogP contribution in [-0.4, -0.2) is 40.0 Å². The van der Waals surface area contributed by atoms with E-state index in [2.05, 4.69) is 0 Å². The Hall–Kier alpha value is -1.32. The van der Waals surface area contributed by atoms with Crippen LogP contribution in [0.15, 0.2) is 23.1 Å². The summed E-state index contributed by atoms with van der Waals surface area (Å²) in [5, 5.41) is 8.90. The summed E-state index contributed by atoms with van der Waals surface area (Å²) in [7, 11) is -2.94. The third-order valence-corrected chi connectivity index (χ3v) is 3.90. The number of rotatable bonds is 6. The molecule has 0 bridgehead atoms. The number of aliphatic hydroxyl groups is 1. The minimum Gasteiger partial charge on any atom is -0.497 e. The highest BCUT2D eigenvalue weighted by Crippen LogP contribution is 2.23. The average Bonchev–Trinajstić information content (AvgIpc) is 2.36. The van der Waals surface area contributed by atoms with Crippen LogP contribution in [0.5, 0.6) is 5.75 Å². The number of sulfonamides is 1. The minimum absolute atomic E-state index is 0.0144. The fourth-order valence-corrected chi connectivity index (χ4v) is 2.78. The molecule has 0 atom stereocenters. The zero-order valence-electron chi connectivity index (χ0n) is 10.6. The average molecular weight is 313 g/mol. The van der Waals surface area contributed by atoms with Crippen LogP contribution >= 0.6 is 0 Å². The van der Waals surface area contributed by atoms with Crippen LogP contribution in [-0.2, 0) is 16.4 Å². The second-order valence-electron chi connectivity index (χ2n) is 3.89. The SMILES string of the molecule is COc1ccc(S(=O)(=O)NCC(F)(F)F)c(CCO)c1. The van der Waals surface area contributed by atoms with Gasteiger partial charge in [0.15, 0.2) is 0 Å². The molecule has 114 valence electrons. The van der Waals surface area contributed by atoms with Crippen molar-refractivity contribution in [1.29, 1.82) is 0 Å². The Morgan fingerprint density at radius 2 is 2.00 bits per heavy atom. The molecule has 0 aliphatic heterocycles. The van der Waals surface area contributed by atoms with Crippen molar-refractivity contribution in [2.24, 2.45) is 0 Å². The Balaban J connectivity index is 3.10. The number of halogens is 3. The number of methoxy groups -OCH3 is 1. The van der Waals surface area contributed by atoms with E-state index in [1.54, 1.807) is 0 Å².